The third-order valence-corrected chi connectivity index (χ3v) is 8.93. The van der Waals surface area contributed by atoms with E-state index in [9.17, 15) is 19.8 Å². The van der Waals surface area contributed by atoms with Crippen molar-refractivity contribution < 1.29 is 62.4 Å². The number of hydrogen-bond acceptors (Lipinski definition) is 13. The Morgan fingerprint density at radius 2 is 1.60 bits per heavy atom. The summed E-state index contributed by atoms with van der Waals surface area (Å²) in [6.07, 6.45) is -6.18. The van der Waals surface area contributed by atoms with Gasteiger partial charge in [0.2, 0.25) is 6.79 Å². The normalized spacial score (nSPS) is 35.8. The maximum Gasteiger partial charge on any atom is 0.310 e. The predicted molar refractivity (Wildman–Crippen MR) is 142 cm³/mol. The van der Waals surface area contributed by atoms with Gasteiger partial charge in [0, 0.05) is 11.8 Å². The molecular weight excluding hydrogens is 568 g/mol. The number of esters is 1. The maximum atomic E-state index is 13.4. The van der Waals surface area contributed by atoms with E-state index in [-0.39, 0.29) is 25.6 Å². The molecule has 7 unspecified atom stereocenters. The van der Waals surface area contributed by atoms with Gasteiger partial charge in [-0.3, -0.25) is 9.59 Å². The Morgan fingerprint density at radius 3 is 2.28 bits per heavy atom. The van der Waals surface area contributed by atoms with Gasteiger partial charge in [0.25, 0.3) is 0 Å². The fourth-order valence-electron chi connectivity index (χ4n) is 6.90. The second-order valence-electron chi connectivity index (χ2n) is 11.2. The Morgan fingerprint density at radius 1 is 0.907 bits per heavy atom. The minimum Gasteiger partial charge on any atom is -0.496 e. The van der Waals surface area contributed by atoms with E-state index in [0.29, 0.717) is 46.0 Å². The maximum absolute atomic E-state index is 13.4. The fraction of sp³-hybridized carbons (Fsp3) is 0.533. The molecule has 43 heavy (non-hydrogen) atoms. The molecule has 3 saturated heterocycles. The fourth-order valence-corrected chi connectivity index (χ4v) is 6.90. The van der Waals surface area contributed by atoms with Crippen LogP contribution in [0.15, 0.2) is 24.3 Å². The number of carbonyl (C=O) groups excluding carboxylic acids is 2. The number of aldehydes is 1. The van der Waals surface area contributed by atoms with Crippen LogP contribution in [0.4, 0.5) is 0 Å². The number of cyclic esters (lactones) is 1. The second-order valence-corrected chi connectivity index (χ2v) is 11.2. The summed E-state index contributed by atoms with van der Waals surface area (Å²) >= 11 is 0. The topological polar surface area (TPSA) is 158 Å². The molecule has 2 aromatic rings. The monoisotopic (exact) mass is 600 g/mol. The first kappa shape index (κ1) is 28.3. The third-order valence-electron chi connectivity index (χ3n) is 8.93. The molecule has 5 aliphatic rings. The summed E-state index contributed by atoms with van der Waals surface area (Å²) in [5.74, 6) is -0.669. The zero-order chi connectivity index (χ0) is 30.0. The number of rotatable bonds is 6. The number of aliphatic hydroxyl groups excluding tert-OH is 2. The van der Waals surface area contributed by atoms with Crippen LogP contribution < -0.4 is 18.9 Å². The Bertz CT molecular complexity index is 1400. The highest BCUT2D eigenvalue weighted by molar-refractivity contribution is 5.85. The van der Waals surface area contributed by atoms with Gasteiger partial charge in [0.15, 0.2) is 30.4 Å². The zero-order valence-electron chi connectivity index (χ0n) is 23.7. The highest BCUT2D eigenvalue weighted by Gasteiger charge is 2.56. The predicted octanol–water partition coefficient (Wildman–Crippen LogP) is 1.45. The minimum absolute atomic E-state index is 0.0249. The molecule has 1 aliphatic carbocycles. The van der Waals surface area contributed by atoms with Crippen molar-refractivity contribution in [1.29, 1.82) is 0 Å². The molecule has 0 spiro atoms. The van der Waals surface area contributed by atoms with Crippen molar-refractivity contribution in [3.63, 3.8) is 0 Å². The van der Waals surface area contributed by atoms with Crippen LogP contribution in [-0.2, 0) is 28.5 Å². The summed E-state index contributed by atoms with van der Waals surface area (Å²) in [6.45, 7) is 1.91. The molecule has 13 heteroatoms. The van der Waals surface area contributed by atoms with Gasteiger partial charge in [-0.2, -0.15) is 0 Å². The van der Waals surface area contributed by atoms with Crippen molar-refractivity contribution >= 4 is 12.3 Å². The molecular formula is C30H32O13. The Hall–Kier alpha value is -3.46. The van der Waals surface area contributed by atoms with Crippen LogP contribution in [0.2, 0.25) is 0 Å². The van der Waals surface area contributed by atoms with Crippen molar-refractivity contribution in [2.24, 2.45) is 11.8 Å². The van der Waals surface area contributed by atoms with E-state index in [0.717, 1.165) is 0 Å². The summed E-state index contributed by atoms with van der Waals surface area (Å²) in [5, 5.41) is 22.0. The van der Waals surface area contributed by atoms with E-state index in [1.54, 1.807) is 31.2 Å². The standard InChI is InChI=1S/C30H32O13/c1-12-37-10-22-28(41-12)25(32)26(33)30(42-22)43-27-15-7-21-20(39-11-40-21)6-14(15)23(24-17(27)9-38-29(24)34)13-4-18(35-2)16(8-31)19(5-13)36-3/h4-8,12,17,22-28,30,32-33H,9-11H2,1-3H3/t12?,17-,22?,23?,24-,25?,26?,27+,28?,30?/m0/s1. The zero-order valence-corrected chi connectivity index (χ0v) is 23.7. The van der Waals surface area contributed by atoms with Gasteiger partial charge in [-0.1, -0.05) is 0 Å². The summed E-state index contributed by atoms with van der Waals surface area (Å²) in [4.78, 5) is 25.3. The van der Waals surface area contributed by atoms with Crippen molar-refractivity contribution in [2.75, 3.05) is 34.2 Å². The summed E-state index contributed by atoms with van der Waals surface area (Å²) in [6, 6.07) is 7.03. The van der Waals surface area contributed by atoms with E-state index in [1.165, 1.54) is 14.2 Å². The quantitative estimate of drug-likeness (QED) is 0.363. The minimum atomic E-state index is -1.44. The van der Waals surface area contributed by atoms with Crippen molar-refractivity contribution in [2.45, 2.75) is 55.9 Å². The number of benzene rings is 2. The lowest BCUT2D eigenvalue weighted by Gasteiger charge is -2.47. The molecule has 3 fully saturated rings. The largest absolute Gasteiger partial charge is 0.496 e. The number of fused-ring (bicyclic) bond motifs is 4. The van der Waals surface area contributed by atoms with Gasteiger partial charge in [-0.25, -0.2) is 0 Å². The van der Waals surface area contributed by atoms with Gasteiger partial charge in [0.05, 0.1) is 45.0 Å². The highest BCUT2D eigenvalue weighted by Crippen LogP contribution is 2.56. The van der Waals surface area contributed by atoms with Crippen LogP contribution in [0.5, 0.6) is 23.0 Å². The highest BCUT2D eigenvalue weighted by atomic mass is 16.8. The van der Waals surface area contributed by atoms with Crippen LogP contribution in [0.3, 0.4) is 0 Å². The lowest BCUT2D eigenvalue weighted by atomic mass is 9.66. The molecule has 0 amide bonds. The Kier molecular flexibility index (Phi) is 7.19. The van der Waals surface area contributed by atoms with Crippen molar-refractivity contribution in [1.82, 2.24) is 0 Å². The molecule has 4 heterocycles. The summed E-state index contributed by atoms with van der Waals surface area (Å²) in [7, 11) is 2.90. The van der Waals surface area contributed by atoms with Crippen LogP contribution in [0.25, 0.3) is 0 Å². The van der Waals surface area contributed by atoms with Gasteiger partial charge >= 0.3 is 5.97 Å². The third kappa shape index (κ3) is 4.53. The van der Waals surface area contributed by atoms with Crippen molar-refractivity contribution in [3.8, 4) is 23.0 Å². The van der Waals surface area contributed by atoms with Gasteiger partial charge < -0.3 is 52.8 Å². The molecule has 0 bridgehead atoms. The van der Waals surface area contributed by atoms with E-state index >= 15 is 0 Å². The second kappa shape index (κ2) is 10.9. The average Bonchev–Trinajstić information content (AvgIpc) is 3.64. The Labute approximate surface area is 246 Å². The number of ether oxygens (including phenoxy) is 9. The summed E-state index contributed by atoms with van der Waals surface area (Å²) < 4.78 is 51.8. The van der Waals surface area contributed by atoms with Crippen LogP contribution in [0, 0.1) is 11.8 Å². The first-order chi connectivity index (χ1) is 20.8. The SMILES string of the molecule is COc1cc(C2c3cc4c(cc3[C@@H](OC3OC5COC(C)OC5C(O)C3O)[C@H]3COC(=O)[C@H]23)OCO4)cc(OC)c1C=O. The number of carbonyl (C=O) groups is 2. The number of hydrogen-bond donors (Lipinski definition) is 2. The lowest BCUT2D eigenvalue weighted by molar-refractivity contribution is -0.364. The summed E-state index contributed by atoms with van der Waals surface area (Å²) in [5.41, 5.74) is 2.26. The lowest BCUT2D eigenvalue weighted by Crippen LogP contribution is -2.63. The van der Waals surface area contributed by atoms with Gasteiger partial charge in [0.1, 0.15) is 35.9 Å². The van der Waals surface area contributed by atoms with E-state index in [1.807, 2.05) is 0 Å². The smallest absolute Gasteiger partial charge is 0.310 e. The van der Waals surface area contributed by atoms with Gasteiger partial charge in [-0.15, -0.1) is 0 Å². The van der Waals surface area contributed by atoms with Crippen LogP contribution >= 0.6 is 0 Å². The molecule has 230 valence electrons. The van der Waals surface area contributed by atoms with Gasteiger partial charge in [-0.05, 0) is 47.9 Å². The number of methoxy groups -OCH3 is 2. The molecule has 4 aliphatic heterocycles. The number of aliphatic hydroxyl groups is 2. The molecule has 10 atom stereocenters. The van der Waals surface area contributed by atoms with E-state index in [2.05, 4.69) is 0 Å². The van der Waals surface area contributed by atoms with Crippen LogP contribution in [-0.4, -0.2) is 93.7 Å². The van der Waals surface area contributed by atoms with E-state index < -0.39 is 66.8 Å². The van der Waals surface area contributed by atoms with E-state index in [4.69, 9.17) is 42.6 Å². The average molecular weight is 601 g/mol. The molecule has 2 aromatic carbocycles. The first-order valence-electron chi connectivity index (χ1n) is 14.1. The molecule has 2 N–H and O–H groups in total. The molecule has 13 nitrogen and oxygen atoms in total. The molecule has 7 rings (SSSR count). The molecule has 0 saturated carbocycles. The first-order valence-corrected chi connectivity index (χ1v) is 14.1. The molecule has 0 aromatic heterocycles. The van der Waals surface area contributed by atoms with Crippen LogP contribution in [0.1, 0.15) is 46.0 Å². The Balaban J connectivity index is 1.32. The molecule has 0 radical (unpaired) electrons. The van der Waals surface area contributed by atoms with Crippen molar-refractivity contribution in [3.05, 3.63) is 46.5 Å².